The smallest absolute Gasteiger partial charge is 0.0728 e. The lowest BCUT2D eigenvalue weighted by Crippen LogP contribution is -2.54. The first-order valence-corrected chi connectivity index (χ1v) is 7.68. The molecule has 0 aromatic rings. The van der Waals surface area contributed by atoms with Crippen molar-refractivity contribution in [1.29, 1.82) is 0 Å². The van der Waals surface area contributed by atoms with E-state index in [2.05, 4.69) is 6.92 Å². The van der Waals surface area contributed by atoms with Gasteiger partial charge in [-0.1, -0.05) is 19.8 Å². The third-order valence-corrected chi connectivity index (χ3v) is 5.70. The predicted molar refractivity (Wildman–Crippen MR) is 68.7 cm³/mol. The standard InChI is InChI=1S/C13H24O2S/c1-11-3-2-4-13(15,9-11)12(10-14)5-7-16-8-6-12/h11,14-15H,2-10H2,1H3. The fourth-order valence-electron chi connectivity index (χ4n) is 3.54. The third-order valence-electron chi connectivity index (χ3n) is 4.71. The Balaban J connectivity index is 2.17. The van der Waals surface area contributed by atoms with Gasteiger partial charge in [-0.2, -0.15) is 11.8 Å². The van der Waals surface area contributed by atoms with E-state index in [1.807, 2.05) is 11.8 Å². The highest BCUT2D eigenvalue weighted by atomic mass is 32.2. The van der Waals surface area contributed by atoms with Gasteiger partial charge in [0.05, 0.1) is 12.2 Å². The molecular weight excluding hydrogens is 220 g/mol. The fourth-order valence-corrected chi connectivity index (χ4v) is 4.81. The molecule has 16 heavy (non-hydrogen) atoms. The quantitative estimate of drug-likeness (QED) is 0.784. The summed E-state index contributed by atoms with van der Waals surface area (Å²) < 4.78 is 0. The van der Waals surface area contributed by atoms with Crippen molar-refractivity contribution in [2.75, 3.05) is 18.1 Å². The summed E-state index contributed by atoms with van der Waals surface area (Å²) in [6.45, 7) is 2.39. The second kappa shape index (κ2) is 4.87. The molecule has 2 unspecified atom stereocenters. The zero-order chi connectivity index (χ0) is 11.6. The molecule has 0 aromatic heterocycles. The van der Waals surface area contributed by atoms with Crippen LogP contribution in [0.15, 0.2) is 0 Å². The Kier molecular flexibility index (Phi) is 3.87. The summed E-state index contributed by atoms with van der Waals surface area (Å²) in [7, 11) is 0. The van der Waals surface area contributed by atoms with E-state index >= 15 is 0 Å². The van der Waals surface area contributed by atoms with E-state index in [4.69, 9.17) is 0 Å². The molecule has 2 nitrogen and oxygen atoms in total. The van der Waals surface area contributed by atoms with E-state index in [0.717, 1.165) is 43.6 Å². The van der Waals surface area contributed by atoms with Gasteiger partial charge in [-0.05, 0) is 43.1 Å². The van der Waals surface area contributed by atoms with Gasteiger partial charge in [-0.15, -0.1) is 0 Å². The van der Waals surface area contributed by atoms with Gasteiger partial charge in [-0.3, -0.25) is 0 Å². The number of hydrogen-bond acceptors (Lipinski definition) is 3. The molecule has 0 spiro atoms. The topological polar surface area (TPSA) is 40.5 Å². The van der Waals surface area contributed by atoms with Crippen LogP contribution in [0.1, 0.15) is 45.4 Å². The zero-order valence-electron chi connectivity index (χ0n) is 10.2. The SMILES string of the molecule is CC1CCCC(O)(C2(CO)CCSCC2)C1. The predicted octanol–water partition coefficient (Wildman–Crippen LogP) is 2.43. The molecule has 1 saturated carbocycles. The molecule has 2 N–H and O–H groups in total. The van der Waals surface area contributed by atoms with Crippen LogP contribution in [0.3, 0.4) is 0 Å². The largest absolute Gasteiger partial charge is 0.396 e. The van der Waals surface area contributed by atoms with Crippen molar-refractivity contribution in [1.82, 2.24) is 0 Å². The highest BCUT2D eigenvalue weighted by molar-refractivity contribution is 7.99. The van der Waals surface area contributed by atoms with Crippen molar-refractivity contribution in [2.24, 2.45) is 11.3 Å². The Hall–Kier alpha value is 0.270. The molecule has 2 rings (SSSR count). The molecule has 0 aromatic carbocycles. The van der Waals surface area contributed by atoms with Crippen LogP contribution in [0.5, 0.6) is 0 Å². The number of aliphatic hydroxyl groups is 2. The van der Waals surface area contributed by atoms with Gasteiger partial charge in [0, 0.05) is 5.41 Å². The average molecular weight is 244 g/mol. The minimum atomic E-state index is -0.597. The molecule has 94 valence electrons. The van der Waals surface area contributed by atoms with E-state index in [1.165, 1.54) is 6.42 Å². The van der Waals surface area contributed by atoms with E-state index in [0.29, 0.717) is 5.92 Å². The Labute approximate surface area is 103 Å². The second-order valence-electron chi connectivity index (χ2n) is 5.78. The molecule has 3 heteroatoms. The van der Waals surface area contributed by atoms with Crippen molar-refractivity contribution in [3.8, 4) is 0 Å². The minimum absolute atomic E-state index is 0.163. The maximum atomic E-state index is 10.9. The molecule has 2 fully saturated rings. The maximum absolute atomic E-state index is 10.9. The first kappa shape index (κ1) is 12.7. The summed E-state index contributed by atoms with van der Waals surface area (Å²) >= 11 is 1.95. The van der Waals surface area contributed by atoms with Gasteiger partial charge in [-0.25, -0.2) is 0 Å². The Morgan fingerprint density at radius 2 is 1.94 bits per heavy atom. The van der Waals surface area contributed by atoms with E-state index in [1.54, 1.807) is 0 Å². The summed E-state index contributed by atoms with van der Waals surface area (Å²) in [6.07, 6.45) is 6.10. The van der Waals surface area contributed by atoms with Crippen LogP contribution in [0.25, 0.3) is 0 Å². The molecule has 2 atom stereocenters. The van der Waals surface area contributed by atoms with Crippen LogP contribution < -0.4 is 0 Å². The molecule has 2 aliphatic rings. The van der Waals surface area contributed by atoms with Crippen molar-refractivity contribution >= 4 is 11.8 Å². The van der Waals surface area contributed by atoms with Gasteiger partial charge in [0.1, 0.15) is 0 Å². The van der Waals surface area contributed by atoms with Crippen molar-refractivity contribution in [2.45, 2.75) is 51.0 Å². The van der Waals surface area contributed by atoms with Crippen LogP contribution in [0, 0.1) is 11.3 Å². The third kappa shape index (κ3) is 2.14. The normalized spacial score (nSPS) is 39.6. The van der Waals surface area contributed by atoms with Crippen LogP contribution in [0.4, 0.5) is 0 Å². The van der Waals surface area contributed by atoms with Gasteiger partial charge >= 0.3 is 0 Å². The molecular formula is C13H24O2S. The van der Waals surface area contributed by atoms with Crippen molar-refractivity contribution in [3.05, 3.63) is 0 Å². The minimum Gasteiger partial charge on any atom is -0.396 e. The molecule has 1 aliphatic carbocycles. The number of hydrogen-bond donors (Lipinski definition) is 2. The lowest BCUT2D eigenvalue weighted by atomic mass is 9.60. The Bertz CT molecular complexity index is 238. The van der Waals surface area contributed by atoms with Crippen molar-refractivity contribution in [3.63, 3.8) is 0 Å². The van der Waals surface area contributed by atoms with Crippen LogP contribution in [-0.4, -0.2) is 33.9 Å². The first-order chi connectivity index (χ1) is 7.62. The lowest BCUT2D eigenvalue weighted by molar-refractivity contribution is -0.143. The van der Waals surface area contributed by atoms with Gasteiger partial charge in [0.15, 0.2) is 0 Å². The van der Waals surface area contributed by atoms with Crippen LogP contribution in [0.2, 0.25) is 0 Å². The fraction of sp³-hybridized carbons (Fsp3) is 1.00. The zero-order valence-corrected chi connectivity index (χ0v) is 11.1. The number of thioether (sulfide) groups is 1. The molecule has 1 saturated heterocycles. The highest BCUT2D eigenvalue weighted by Crippen LogP contribution is 2.50. The van der Waals surface area contributed by atoms with Gasteiger partial charge < -0.3 is 10.2 Å². The van der Waals surface area contributed by atoms with Crippen molar-refractivity contribution < 1.29 is 10.2 Å². The summed E-state index contributed by atoms with van der Waals surface area (Å²) in [6, 6.07) is 0. The van der Waals surface area contributed by atoms with E-state index < -0.39 is 5.60 Å². The molecule has 0 bridgehead atoms. The van der Waals surface area contributed by atoms with Gasteiger partial charge in [0.2, 0.25) is 0 Å². The molecule has 1 aliphatic heterocycles. The highest BCUT2D eigenvalue weighted by Gasteiger charge is 2.51. The van der Waals surface area contributed by atoms with Crippen LogP contribution in [-0.2, 0) is 0 Å². The monoisotopic (exact) mass is 244 g/mol. The summed E-state index contributed by atoms with van der Waals surface area (Å²) in [5.74, 6) is 2.80. The molecule has 0 radical (unpaired) electrons. The van der Waals surface area contributed by atoms with E-state index in [-0.39, 0.29) is 12.0 Å². The first-order valence-electron chi connectivity index (χ1n) is 6.53. The average Bonchev–Trinajstić information content (AvgIpc) is 2.29. The van der Waals surface area contributed by atoms with Crippen LogP contribution >= 0.6 is 11.8 Å². The molecule has 1 heterocycles. The van der Waals surface area contributed by atoms with E-state index in [9.17, 15) is 10.2 Å². The number of aliphatic hydroxyl groups excluding tert-OH is 1. The Morgan fingerprint density at radius 1 is 1.25 bits per heavy atom. The van der Waals surface area contributed by atoms with Gasteiger partial charge in [0.25, 0.3) is 0 Å². The number of rotatable bonds is 2. The lowest BCUT2D eigenvalue weighted by Gasteiger charge is -2.51. The molecule has 0 amide bonds. The summed E-state index contributed by atoms with van der Waals surface area (Å²) in [5, 5.41) is 20.7. The Morgan fingerprint density at radius 3 is 2.50 bits per heavy atom. The second-order valence-corrected chi connectivity index (χ2v) is 7.01. The summed E-state index contributed by atoms with van der Waals surface area (Å²) in [4.78, 5) is 0. The summed E-state index contributed by atoms with van der Waals surface area (Å²) in [5.41, 5.74) is -0.798. The maximum Gasteiger partial charge on any atom is 0.0728 e.